The van der Waals surface area contributed by atoms with Crippen molar-refractivity contribution in [1.29, 1.82) is 0 Å². The van der Waals surface area contributed by atoms with Gasteiger partial charge in [0, 0.05) is 18.7 Å². The molecule has 4 N–H and O–H groups in total. The van der Waals surface area contributed by atoms with Crippen LogP contribution < -0.4 is 15.2 Å². The van der Waals surface area contributed by atoms with Crippen LogP contribution in [0.15, 0.2) is 24.3 Å². The van der Waals surface area contributed by atoms with E-state index in [1.54, 1.807) is 24.3 Å². The zero-order chi connectivity index (χ0) is 14.5. The van der Waals surface area contributed by atoms with Crippen molar-refractivity contribution < 1.29 is 8.42 Å². The molecule has 106 valence electrons. The molecule has 7 heteroatoms. The van der Waals surface area contributed by atoms with Gasteiger partial charge >= 0.3 is 0 Å². The van der Waals surface area contributed by atoms with Gasteiger partial charge in [0.15, 0.2) is 0 Å². The van der Waals surface area contributed by atoms with Gasteiger partial charge in [-0.25, -0.2) is 4.72 Å². The number of nitrogens with one attached hydrogen (secondary N) is 2. The third kappa shape index (κ3) is 6.11. The Morgan fingerprint density at radius 3 is 2.32 bits per heavy atom. The maximum absolute atomic E-state index is 11.6. The van der Waals surface area contributed by atoms with Crippen LogP contribution in [0.3, 0.4) is 0 Å². The van der Waals surface area contributed by atoms with Gasteiger partial charge in [-0.3, -0.25) is 0 Å². The van der Waals surface area contributed by atoms with E-state index in [9.17, 15) is 8.42 Å². The lowest BCUT2D eigenvalue weighted by Gasteiger charge is -2.10. The van der Waals surface area contributed by atoms with Crippen LogP contribution in [0.1, 0.15) is 25.0 Å². The molecule has 1 rings (SSSR count). The molecular weight excluding hydrogens is 282 g/mol. The summed E-state index contributed by atoms with van der Waals surface area (Å²) in [6.07, 6.45) is 0. The predicted octanol–water partition coefficient (Wildman–Crippen LogP) is 0.901. The van der Waals surface area contributed by atoms with Gasteiger partial charge in [-0.05, 0) is 11.5 Å². The minimum absolute atomic E-state index is 0.227. The molecule has 0 aliphatic heterocycles. The van der Waals surface area contributed by atoms with Crippen molar-refractivity contribution in [3.63, 3.8) is 0 Å². The third-order valence-electron chi connectivity index (χ3n) is 2.39. The molecule has 1 aromatic carbocycles. The van der Waals surface area contributed by atoms with E-state index in [0.717, 1.165) is 11.1 Å². The van der Waals surface area contributed by atoms with E-state index in [4.69, 9.17) is 18.0 Å². The van der Waals surface area contributed by atoms with E-state index >= 15 is 0 Å². The number of rotatable bonds is 7. The lowest BCUT2D eigenvalue weighted by Crippen LogP contribution is -2.37. The fraction of sp³-hybridized carbons (Fsp3) is 0.417. The molecule has 0 atom stereocenters. The van der Waals surface area contributed by atoms with E-state index in [0.29, 0.717) is 11.5 Å². The lowest BCUT2D eigenvalue weighted by molar-refractivity contribution is 0.547. The maximum atomic E-state index is 11.6. The van der Waals surface area contributed by atoms with Crippen LogP contribution in [0.4, 0.5) is 0 Å². The first kappa shape index (κ1) is 16.0. The second-order valence-electron chi connectivity index (χ2n) is 4.63. The van der Waals surface area contributed by atoms with Crippen LogP contribution in [-0.4, -0.2) is 20.0 Å². The molecule has 0 aliphatic rings. The Kier molecular flexibility index (Phi) is 5.86. The van der Waals surface area contributed by atoms with Gasteiger partial charge in [-0.2, -0.15) is 13.1 Å². The second-order valence-corrected chi connectivity index (χ2v) is 6.65. The lowest BCUT2D eigenvalue weighted by atomic mass is 10.1. The zero-order valence-electron chi connectivity index (χ0n) is 11.0. The van der Waals surface area contributed by atoms with E-state index < -0.39 is 10.2 Å². The molecule has 0 aromatic heterocycles. The average Bonchev–Trinajstić information content (AvgIpc) is 2.35. The molecule has 0 saturated heterocycles. The van der Waals surface area contributed by atoms with Crippen molar-refractivity contribution >= 4 is 27.4 Å². The van der Waals surface area contributed by atoms with Crippen molar-refractivity contribution in [3.05, 3.63) is 35.4 Å². The fourth-order valence-corrected chi connectivity index (χ4v) is 2.44. The van der Waals surface area contributed by atoms with Crippen LogP contribution in [0.5, 0.6) is 0 Å². The zero-order valence-corrected chi connectivity index (χ0v) is 12.6. The molecule has 0 fully saturated rings. The molecular formula is C12H19N3O2S2. The molecule has 0 amide bonds. The standard InChI is InChI=1S/C12H19N3O2S2/c1-9(2)7-14-19(16,17)15-8-10-3-5-11(6-4-10)12(13)18/h3-6,9,14-15H,7-8H2,1-2H3,(H2,13,18). The van der Waals surface area contributed by atoms with Crippen molar-refractivity contribution in [2.24, 2.45) is 11.7 Å². The smallest absolute Gasteiger partial charge is 0.277 e. The summed E-state index contributed by atoms with van der Waals surface area (Å²) in [6, 6.07) is 7.12. The van der Waals surface area contributed by atoms with Gasteiger partial charge in [0.2, 0.25) is 0 Å². The highest BCUT2D eigenvalue weighted by molar-refractivity contribution is 7.87. The van der Waals surface area contributed by atoms with Crippen molar-refractivity contribution in [2.75, 3.05) is 6.54 Å². The molecule has 5 nitrogen and oxygen atoms in total. The summed E-state index contributed by atoms with van der Waals surface area (Å²) < 4.78 is 28.2. The highest BCUT2D eigenvalue weighted by Crippen LogP contribution is 2.04. The highest BCUT2D eigenvalue weighted by atomic mass is 32.2. The summed E-state index contributed by atoms with van der Waals surface area (Å²) in [7, 11) is -3.45. The molecule has 0 unspecified atom stereocenters. The Bertz CT molecular complexity index is 524. The number of hydrogen-bond donors (Lipinski definition) is 3. The Hall–Kier alpha value is -1.02. The van der Waals surface area contributed by atoms with Gasteiger partial charge in [-0.15, -0.1) is 0 Å². The largest absolute Gasteiger partial charge is 0.389 e. The van der Waals surface area contributed by atoms with Crippen LogP contribution in [0.2, 0.25) is 0 Å². The quantitative estimate of drug-likeness (QED) is 0.653. The Morgan fingerprint density at radius 2 is 1.84 bits per heavy atom. The van der Waals surface area contributed by atoms with Gasteiger partial charge < -0.3 is 5.73 Å². The maximum Gasteiger partial charge on any atom is 0.277 e. The third-order valence-corrected chi connectivity index (χ3v) is 3.69. The van der Waals surface area contributed by atoms with Crippen LogP contribution in [0.25, 0.3) is 0 Å². The highest BCUT2D eigenvalue weighted by Gasteiger charge is 2.09. The number of nitrogens with two attached hydrogens (primary N) is 1. The van der Waals surface area contributed by atoms with Crippen molar-refractivity contribution in [3.8, 4) is 0 Å². The normalized spacial score (nSPS) is 11.7. The fourth-order valence-electron chi connectivity index (χ4n) is 1.29. The van der Waals surface area contributed by atoms with E-state index in [1.807, 2.05) is 13.8 Å². The number of thiocarbonyl (C=S) groups is 1. The van der Waals surface area contributed by atoms with Gasteiger partial charge in [0.05, 0.1) is 0 Å². The first-order valence-electron chi connectivity index (χ1n) is 5.93. The summed E-state index contributed by atoms with van der Waals surface area (Å²) in [4.78, 5) is 0.325. The monoisotopic (exact) mass is 301 g/mol. The first-order chi connectivity index (χ1) is 8.80. The van der Waals surface area contributed by atoms with Crippen molar-refractivity contribution in [1.82, 2.24) is 9.44 Å². The van der Waals surface area contributed by atoms with E-state index in [2.05, 4.69) is 9.44 Å². The minimum Gasteiger partial charge on any atom is -0.389 e. The summed E-state index contributed by atoms with van der Waals surface area (Å²) in [5, 5.41) is 0. The Balaban J connectivity index is 2.54. The van der Waals surface area contributed by atoms with Crippen LogP contribution in [0, 0.1) is 5.92 Å². The van der Waals surface area contributed by atoms with Crippen LogP contribution in [-0.2, 0) is 16.8 Å². The summed E-state index contributed by atoms with van der Waals surface area (Å²) in [6.45, 7) is 4.52. The molecule has 0 saturated carbocycles. The van der Waals surface area contributed by atoms with Gasteiger partial charge in [0.25, 0.3) is 10.2 Å². The van der Waals surface area contributed by atoms with Crippen molar-refractivity contribution in [2.45, 2.75) is 20.4 Å². The molecule has 0 bridgehead atoms. The molecule has 19 heavy (non-hydrogen) atoms. The Morgan fingerprint density at radius 1 is 1.26 bits per heavy atom. The molecule has 0 spiro atoms. The van der Waals surface area contributed by atoms with E-state index in [-0.39, 0.29) is 12.5 Å². The second kappa shape index (κ2) is 6.95. The summed E-state index contributed by atoms with van der Waals surface area (Å²) >= 11 is 4.84. The van der Waals surface area contributed by atoms with Crippen LogP contribution >= 0.6 is 12.2 Å². The van der Waals surface area contributed by atoms with Gasteiger partial charge in [-0.1, -0.05) is 50.3 Å². The minimum atomic E-state index is -3.45. The summed E-state index contributed by atoms with van der Waals surface area (Å²) in [5.41, 5.74) is 7.09. The average molecular weight is 301 g/mol. The molecule has 0 aliphatic carbocycles. The molecule has 0 radical (unpaired) electrons. The number of benzene rings is 1. The number of hydrogen-bond acceptors (Lipinski definition) is 3. The molecule has 0 heterocycles. The predicted molar refractivity (Wildman–Crippen MR) is 80.9 cm³/mol. The van der Waals surface area contributed by atoms with E-state index in [1.165, 1.54) is 0 Å². The first-order valence-corrected chi connectivity index (χ1v) is 7.82. The topological polar surface area (TPSA) is 84.2 Å². The summed E-state index contributed by atoms with van der Waals surface area (Å²) in [5.74, 6) is 0.265. The molecule has 1 aromatic rings. The Labute approximate surface area is 119 Å². The van der Waals surface area contributed by atoms with Gasteiger partial charge in [0.1, 0.15) is 4.99 Å². The SMILES string of the molecule is CC(C)CNS(=O)(=O)NCc1ccc(C(N)=S)cc1.